The van der Waals surface area contributed by atoms with Crippen LogP contribution >= 0.6 is 15.9 Å². The summed E-state index contributed by atoms with van der Waals surface area (Å²) < 4.78 is 14.5. The van der Waals surface area contributed by atoms with Crippen molar-refractivity contribution in [1.29, 1.82) is 0 Å². The van der Waals surface area contributed by atoms with E-state index < -0.39 is 0 Å². The van der Waals surface area contributed by atoms with Gasteiger partial charge >= 0.3 is 0 Å². The van der Waals surface area contributed by atoms with Gasteiger partial charge in [-0.15, -0.1) is 0 Å². The summed E-state index contributed by atoms with van der Waals surface area (Å²) in [6.07, 6.45) is 4.89. The molecule has 5 heteroatoms. The number of anilines is 1. The zero-order valence-corrected chi connectivity index (χ0v) is 11.5. The monoisotopic (exact) mass is 301 g/mol. The van der Waals surface area contributed by atoms with Gasteiger partial charge in [-0.05, 0) is 54.3 Å². The molecule has 94 valence electrons. The first kappa shape index (κ1) is 12.8. The van der Waals surface area contributed by atoms with Gasteiger partial charge in [0.1, 0.15) is 0 Å². The van der Waals surface area contributed by atoms with E-state index in [9.17, 15) is 4.39 Å². The lowest BCUT2D eigenvalue weighted by atomic mass is 10.1. The van der Waals surface area contributed by atoms with Gasteiger partial charge in [0.05, 0.1) is 0 Å². The average molecular weight is 302 g/mol. The van der Waals surface area contributed by atoms with E-state index in [4.69, 9.17) is 0 Å². The van der Waals surface area contributed by atoms with Crippen LogP contribution < -0.4 is 10.2 Å². The van der Waals surface area contributed by atoms with E-state index in [-0.39, 0.29) is 5.82 Å². The summed E-state index contributed by atoms with van der Waals surface area (Å²) in [5, 5.41) is 3.36. The second-order valence-electron chi connectivity index (χ2n) is 4.40. The molecule has 0 amide bonds. The molecule has 17 heavy (non-hydrogen) atoms. The van der Waals surface area contributed by atoms with Crippen LogP contribution in [-0.2, 0) is 0 Å². The van der Waals surface area contributed by atoms with Crippen LogP contribution in [0.2, 0.25) is 0 Å². The SMILES string of the molecule is CN(c1ncc(Br)cc1F)C1CCCNCC1. The molecule has 1 aromatic rings. The van der Waals surface area contributed by atoms with Gasteiger partial charge in [0, 0.05) is 23.8 Å². The molecule has 1 saturated heterocycles. The Bertz CT molecular complexity index is 378. The number of aromatic nitrogens is 1. The Balaban J connectivity index is 2.14. The van der Waals surface area contributed by atoms with E-state index in [1.54, 1.807) is 6.20 Å². The van der Waals surface area contributed by atoms with Crippen LogP contribution in [0.25, 0.3) is 0 Å². The lowest BCUT2D eigenvalue weighted by Gasteiger charge is -2.28. The van der Waals surface area contributed by atoms with Crippen molar-refractivity contribution in [3.8, 4) is 0 Å². The van der Waals surface area contributed by atoms with Crippen molar-refractivity contribution < 1.29 is 4.39 Å². The first-order chi connectivity index (χ1) is 8.18. The molecule has 1 aliphatic rings. The molecule has 0 aliphatic carbocycles. The zero-order chi connectivity index (χ0) is 12.3. The van der Waals surface area contributed by atoms with Crippen LogP contribution in [0, 0.1) is 5.82 Å². The maximum absolute atomic E-state index is 13.8. The quantitative estimate of drug-likeness (QED) is 0.910. The maximum Gasteiger partial charge on any atom is 0.166 e. The molecule has 2 rings (SSSR count). The molecule has 1 unspecified atom stereocenters. The highest BCUT2D eigenvalue weighted by Crippen LogP contribution is 2.23. The Morgan fingerprint density at radius 2 is 2.29 bits per heavy atom. The number of rotatable bonds is 2. The summed E-state index contributed by atoms with van der Waals surface area (Å²) in [6.45, 7) is 2.05. The Morgan fingerprint density at radius 3 is 3.06 bits per heavy atom. The summed E-state index contributed by atoms with van der Waals surface area (Å²) in [7, 11) is 1.93. The lowest BCUT2D eigenvalue weighted by Crippen LogP contribution is -2.33. The molecule has 0 aromatic carbocycles. The van der Waals surface area contributed by atoms with Crippen LogP contribution in [0.4, 0.5) is 10.2 Å². The minimum absolute atomic E-state index is 0.265. The molecule has 1 atom stereocenters. The Labute approximate surface area is 110 Å². The van der Waals surface area contributed by atoms with E-state index in [0.29, 0.717) is 16.3 Å². The van der Waals surface area contributed by atoms with E-state index in [1.807, 2.05) is 11.9 Å². The predicted octanol–water partition coefficient (Wildman–Crippen LogP) is 2.56. The van der Waals surface area contributed by atoms with Crippen LogP contribution in [0.5, 0.6) is 0 Å². The van der Waals surface area contributed by atoms with Crippen molar-refractivity contribution in [3.63, 3.8) is 0 Å². The van der Waals surface area contributed by atoms with Crippen LogP contribution in [0.1, 0.15) is 19.3 Å². The molecule has 0 radical (unpaired) electrons. The largest absolute Gasteiger partial charge is 0.354 e. The van der Waals surface area contributed by atoms with E-state index >= 15 is 0 Å². The number of pyridine rings is 1. The number of nitrogens with zero attached hydrogens (tertiary/aromatic N) is 2. The fraction of sp³-hybridized carbons (Fsp3) is 0.583. The van der Waals surface area contributed by atoms with Gasteiger partial charge in [0.2, 0.25) is 0 Å². The third-order valence-corrected chi connectivity index (χ3v) is 3.65. The van der Waals surface area contributed by atoms with Crippen LogP contribution in [-0.4, -0.2) is 31.2 Å². The zero-order valence-electron chi connectivity index (χ0n) is 9.92. The van der Waals surface area contributed by atoms with Gasteiger partial charge < -0.3 is 10.2 Å². The smallest absolute Gasteiger partial charge is 0.166 e. The second kappa shape index (κ2) is 5.78. The number of nitrogens with one attached hydrogen (secondary N) is 1. The van der Waals surface area contributed by atoms with Gasteiger partial charge in [0.25, 0.3) is 0 Å². The summed E-state index contributed by atoms with van der Waals surface area (Å²) in [4.78, 5) is 6.13. The predicted molar refractivity (Wildman–Crippen MR) is 70.8 cm³/mol. The molecular weight excluding hydrogens is 285 g/mol. The number of halogens is 2. The van der Waals surface area contributed by atoms with E-state index in [1.165, 1.54) is 6.07 Å². The fourth-order valence-electron chi connectivity index (χ4n) is 2.23. The van der Waals surface area contributed by atoms with Gasteiger partial charge in [-0.3, -0.25) is 0 Å². The molecule has 0 saturated carbocycles. The number of hydrogen-bond acceptors (Lipinski definition) is 3. The summed E-state index contributed by atoms with van der Waals surface area (Å²) in [6, 6.07) is 1.83. The van der Waals surface area contributed by atoms with E-state index in [2.05, 4.69) is 26.2 Å². The number of hydrogen-bond donors (Lipinski definition) is 1. The van der Waals surface area contributed by atoms with Crippen molar-refractivity contribution in [2.45, 2.75) is 25.3 Å². The van der Waals surface area contributed by atoms with Crippen LogP contribution in [0.3, 0.4) is 0 Å². The van der Waals surface area contributed by atoms with Gasteiger partial charge in [-0.2, -0.15) is 0 Å². The minimum Gasteiger partial charge on any atom is -0.354 e. The van der Waals surface area contributed by atoms with Crippen molar-refractivity contribution in [3.05, 3.63) is 22.6 Å². The van der Waals surface area contributed by atoms with Gasteiger partial charge in [-0.1, -0.05) is 0 Å². The second-order valence-corrected chi connectivity index (χ2v) is 5.32. The highest BCUT2D eigenvalue weighted by molar-refractivity contribution is 9.10. The molecule has 1 aromatic heterocycles. The fourth-order valence-corrected chi connectivity index (χ4v) is 2.53. The standard InChI is InChI=1S/C12H17BrFN3/c1-17(10-3-2-5-15-6-4-10)12-11(14)7-9(13)8-16-12/h7-8,10,15H,2-6H2,1H3. The summed E-state index contributed by atoms with van der Waals surface area (Å²) in [5.74, 6) is 0.180. The molecule has 3 nitrogen and oxygen atoms in total. The van der Waals surface area contributed by atoms with Gasteiger partial charge in [0.15, 0.2) is 11.6 Å². The molecule has 1 N–H and O–H groups in total. The lowest BCUT2D eigenvalue weighted by molar-refractivity contribution is 0.541. The topological polar surface area (TPSA) is 28.2 Å². The van der Waals surface area contributed by atoms with Gasteiger partial charge in [-0.25, -0.2) is 9.37 Å². The highest BCUT2D eigenvalue weighted by Gasteiger charge is 2.20. The molecule has 1 aliphatic heterocycles. The Hall–Kier alpha value is -0.680. The minimum atomic E-state index is -0.265. The Kier molecular flexibility index (Phi) is 4.34. The van der Waals surface area contributed by atoms with Crippen molar-refractivity contribution in [1.82, 2.24) is 10.3 Å². The maximum atomic E-state index is 13.8. The van der Waals surface area contributed by atoms with Crippen molar-refractivity contribution in [2.24, 2.45) is 0 Å². The first-order valence-corrected chi connectivity index (χ1v) is 6.72. The molecule has 2 heterocycles. The molecule has 0 bridgehead atoms. The summed E-state index contributed by atoms with van der Waals surface area (Å²) >= 11 is 3.22. The average Bonchev–Trinajstić information content (AvgIpc) is 2.56. The van der Waals surface area contributed by atoms with Crippen molar-refractivity contribution in [2.75, 3.05) is 25.0 Å². The molecule has 0 spiro atoms. The highest BCUT2D eigenvalue weighted by atomic mass is 79.9. The first-order valence-electron chi connectivity index (χ1n) is 5.93. The molecular formula is C12H17BrFN3. The van der Waals surface area contributed by atoms with Crippen LogP contribution in [0.15, 0.2) is 16.7 Å². The Morgan fingerprint density at radius 1 is 1.47 bits per heavy atom. The van der Waals surface area contributed by atoms with E-state index in [0.717, 1.165) is 32.4 Å². The third-order valence-electron chi connectivity index (χ3n) is 3.22. The molecule has 1 fully saturated rings. The third kappa shape index (κ3) is 3.16. The normalized spacial score (nSPS) is 21.0. The van der Waals surface area contributed by atoms with Crippen molar-refractivity contribution >= 4 is 21.7 Å². The summed E-state index contributed by atoms with van der Waals surface area (Å²) in [5.41, 5.74) is 0.